The molecule has 146 valence electrons. The molecule has 1 atom stereocenters. The molecule has 1 spiro atoms. The Morgan fingerprint density at radius 3 is 2.50 bits per heavy atom. The molecular formula is C22H24ClN3O2. The fourth-order valence-corrected chi connectivity index (χ4v) is 4.26. The van der Waals surface area contributed by atoms with Crippen molar-refractivity contribution in [1.29, 1.82) is 0 Å². The summed E-state index contributed by atoms with van der Waals surface area (Å²) in [6.07, 6.45) is 2.17. The van der Waals surface area contributed by atoms with Crippen molar-refractivity contribution in [1.82, 2.24) is 10.2 Å². The van der Waals surface area contributed by atoms with E-state index in [1.165, 1.54) is 0 Å². The number of hydrogen-bond acceptors (Lipinski definition) is 4. The van der Waals surface area contributed by atoms with Crippen LogP contribution in [0.4, 0.5) is 0 Å². The fraction of sp³-hybridized carbons (Fsp3) is 0.364. The van der Waals surface area contributed by atoms with E-state index in [1.54, 1.807) is 13.0 Å². The van der Waals surface area contributed by atoms with Crippen molar-refractivity contribution in [2.24, 2.45) is 4.99 Å². The molecule has 0 aliphatic carbocycles. The van der Waals surface area contributed by atoms with Gasteiger partial charge in [0, 0.05) is 61.6 Å². The standard InChI is InChI=1S/C22H24ClN3O2/c1-15(27)26-12-10-22(11-13-26)24-19(16-6-8-17(23)9-7-16)14-20(25-22)18-4-2-3-5-21(18)28/h2-9,19,24,28H,10-14H2,1H3/t19-/m1/s1. The van der Waals surface area contributed by atoms with Crippen LogP contribution in [0.15, 0.2) is 53.5 Å². The van der Waals surface area contributed by atoms with Gasteiger partial charge in [0.25, 0.3) is 0 Å². The molecule has 0 saturated carbocycles. The van der Waals surface area contributed by atoms with Crippen LogP contribution in [-0.2, 0) is 4.79 Å². The highest BCUT2D eigenvalue weighted by Crippen LogP contribution is 2.36. The van der Waals surface area contributed by atoms with E-state index in [9.17, 15) is 9.90 Å². The minimum absolute atomic E-state index is 0.0632. The number of carbonyl (C=O) groups excluding carboxylic acids is 1. The Balaban J connectivity index is 1.70. The number of carbonyl (C=O) groups is 1. The number of benzene rings is 2. The minimum Gasteiger partial charge on any atom is -0.507 e. The number of piperidine rings is 1. The number of phenolic OH excluding ortho intramolecular Hbond substituents is 1. The molecule has 2 heterocycles. The van der Waals surface area contributed by atoms with E-state index in [0.29, 0.717) is 24.5 Å². The first-order valence-electron chi connectivity index (χ1n) is 9.61. The third-order valence-corrected chi connectivity index (χ3v) is 5.96. The highest BCUT2D eigenvalue weighted by Gasteiger charge is 2.40. The van der Waals surface area contributed by atoms with Gasteiger partial charge in [0.15, 0.2) is 0 Å². The summed E-state index contributed by atoms with van der Waals surface area (Å²) in [4.78, 5) is 18.7. The molecule has 6 heteroatoms. The predicted octanol–water partition coefficient (Wildman–Crippen LogP) is 3.91. The lowest BCUT2D eigenvalue weighted by Gasteiger charge is -2.45. The summed E-state index contributed by atoms with van der Waals surface area (Å²) in [6.45, 7) is 2.96. The first-order chi connectivity index (χ1) is 13.5. The molecule has 1 fully saturated rings. The fourth-order valence-electron chi connectivity index (χ4n) is 4.14. The van der Waals surface area contributed by atoms with Gasteiger partial charge in [-0.25, -0.2) is 0 Å². The Morgan fingerprint density at radius 1 is 1.18 bits per heavy atom. The van der Waals surface area contributed by atoms with Crippen LogP contribution < -0.4 is 5.32 Å². The lowest BCUT2D eigenvalue weighted by Crippen LogP contribution is -2.56. The number of para-hydroxylation sites is 1. The average Bonchev–Trinajstić information content (AvgIpc) is 2.69. The zero-order valence-corrected chi connectivity index (χ0v) is 16.6. The van der Waals surface area contributed by atoms with Gasteiger partial charge in [-0.2, -0.15) is 0 Å². The molecule has 2 aliphatic heterocycles. The Bertz CT molecular complexity index is 902. The first kappa shape index (κ1) is 19.0. The molecule has 0 unspecified atom stereocenters. The summed E-state index contributed by atoms with van der Waals surface area (Å²) in [5, 5.41) is 14.8. The molecule has 2 N–H and O–H groups in total. The average molecular weight is 398 g/mol. The van der Waals surface area contributed by atoms with E-state index in [0.717, 1.165) is 29.7 Å². The third kappa shape index (κ3) is 3.77. The summed E-state index contributed by atoms with van der Waals surface area (Å²) in [5.41, 5.74) is 2.37. The maximum Gasteiger partial charge on any atom is 0.219 e. The van der Waals surface area contributed by atoms with Gasteiger partial charge in [0.1, 0.15) is 11.4 Å². The van der Waals surface area contributed by atoms with Gasteiger partial charge in [-0.1, -0.05) is 35.9 Å². The normalized spacial score (nSPS) is 21.4. The van der Waals surface area contributed by atoms with E-state index >= 15 is 0 Å². The van der Waals surface area contributed by atoms with E-state index < -0.39 is 5.66 Å². The molecule has 2 aromatic rings. The van der Waals surface area contributed by atoms with Gasteiger partial charge in [-0.3, -0.25) is 15.1 Å². The summed E-state index contributed by atoms with van der Waals surface area (Å²) >= 11 is 6.07. The quantitative estimate of drug-likeness (QED) is 0.807. The lowest BCUT2D eigenvalue weighted by atomic mass is 9.87. The van der Waals surface area contributed by atoms with Gasteiger partial charge in [0.05, 0.1) is 0 Å². The number of nitrogens with one attached hydrogen (secondary N) is 1. The number of halogens is 1. The maximum atomic E-state index is 11.7. The molecule has 0 aromatic heterocycles. The number of hydrogen-bond donors (Lipinski definition) is 2. The van der Waals surface area contributed by atoms with Crippen LogP contribution in [0.1, 0.15) is 43.4 Å². The minimum atomic E-state index is -0.438. The Labute approximate surface area is 170 Å². The number of phenols is 1. The third-order valence-electron chi connectivity index (χ3n) is 5.71. The van der Waals surface area contributed by atoms with E-state index in [1.807, 2.05) is 47.4 Å². The van der Waals surface area contributed by atoms with Crippen LogP contribution in [0.5, 0.6) is 5.75 Å². The monoisotopic (exact) mass is 397 g/mol. The van der Waals surface area contributed by atoms with Gasteiger partial charge in [-0.05, 0) is 29.8 Å². The molecule has 4 rings (SSSR count). The molecule has 2 aromatic carbocycles. The molecule has 1 saturated heterocycles. The second kappa shape index (κ2) is 7.57. The smallest absolute Gasteiger partial charge is 0.219 e. The number of aromatic hydroxyl groups is 1. The topological polar surface area (TPSA) is 64.9 Å². The number of nitrogens with zero attached hydrogens (tertiary/aromatic N) is 2. The van der Waals surface area contributed by atoms with Crippen molar-refractivity contribution in [3.63, 3.8) is 0 Å². The maximum absolute atomic E-state index is 11.7. The van der Waals surface area contributed by atoms with Gasteiger partial charge in [0.2, 0.25) is 5.91 Å². The molecule has 2 aliphatic rings. The lowest BCUT2D eigenvalue weighted by molar-refractivity contribution is -0.130. The predicted molar refractivity (Wildman–Crippen MR) is 111 cm³/mol. The van der Waals surface area contributed by atoms with Crippen LogP contribution in [0.3, 0.4) is 0 Å². The molecule has 0 bridgehead atoms. The summed E-state index contributed by atoms with van der Waals surface area (Å²) in [6, 6.07) is 15.3. The number of likely N-dealkylation sites (tertiary alicyclic amines) is 1. The summed E-state index contributed by atoms with van der Waals surface area (Å²) in [7, 11) is 0. The first-order valence-corrected chi connectivity index (χ1v) is 9.99. The number of amides is 1. The Kier molecular flexibility index (Phi) is 5.13. The second-order valence-corrected chi connectivity index (χ2v) is 8.00. The van der Waals surface area contributed by atoms with Crippen molar-refractivity contribution in [2.75, 3.05) is 13.1 Å². The van der Waals surface area contributed by atoms with Crippen LogP contribution in [0.25, 0.3) is 0 Å². The molecule has 5 nitrogen and oxygen atoms in total. The second-order valence-electron chi connectivity index (χ2n) is 7.57. The SMILES string of the molecule is CC(=O)N1CCC2(CC1)N=C(c1ccccc1O)C[C@H](c1ccc(Cl)cc1)N2. The van der Waals surface area contributed by atoms with Crippen molar-refractivity contribution in [3.8, 4) is 5.75 Å². The van der Waals surface area contributed by atoms with E-state index in [2.05, 4.69) is 5.32 Å². The molecule has 0 radical (unpaired) electrons. The van der Waals surface area contributed by atoms with Crippen LogP contribution in [-0.4, -0.2) is 40.4 Å². The van der Waals surface area contributed by atoms with Crippen LogP contribution in [0.2, 0.25) is 5.02 Å². The zero-order chi connectivity index (χ0) is 19.7. The zero-order valence-electron chi connectivity index (χ0n) is 15.9. The summed E-state index contributed by atoms with van der Waals surface area (Å²) < 4.78 is 0. The molecular weight excluding hydrogens is 374 g/mol. The van der Waals surface area contributed by atoms with Gasteiger partial charge >= 0.3 is 0 Å². The Hall–Kier alpha value is -2.37. The Morgan fingerprint density at radius 2 is 1.86 bits per heavy atom. The van der Waals surface area contributed by atoms with E-state index in [4.69, 9.17) is 16.6 Å². The summed E-state index contributed by atoms with van der Waals surface area (Å²) in [5.74, 6) is 0.346. The van der Waals surface area contributed by atoms with E-state index in [-0.39, 0.29) is 17.7 Å². The van der Waals surface area contributed by atoms with Crippen LogP contribution >= 0.6 is 11.6 Å². The number of rotatable bonds is 2. The largest absolute Gasteiger partial charge is 0.507 e. The molecule has 28 heavy (non-hydrogen) atoms. The van der Waals surface area contributed by atoms with Crippen molar-refractivity contribution < 1.29 is 9.90 Å². The van der Waals surface area contributed by atoms with Crippen molar-refractivity contribution in [3.05, 3.63) is 64.7 Å². The van der Waals surface area contributed by atoms with Crippen LogP contribution in [0, 0.1) is 0 Å². The number of aliphatic imine (C=N–C) groups is 1. The molecule has 1 amide bonds. The van der Waals surface area contributed by atoms with Crippen molar-refractivity contribution >= 4 is 23.2 Å². The van der Waals surface area contributed by atoms with Gasteiger partial charge < -0.3 is 10.0 Å². The highest BCUT2D eigenvalue weighted by molar-refractivity contribution is 6.30. The van der Waals surface area contributed by atoms with Crippen molar-refractivity contribution in [2.45, 2.75) is 37.9 Å². The van der Waals surface area contributed by atoms with Gasteiger partial charge in [-0.15, -0.1) is 0 Å². The highest BCUT2D eigenvalue weighted by atomic mass is 35.5.